The van der Waals surface area contributed by atoms with Crippen LogP contribution in [0.1, 0.15) is 55.7 Å². The Kier molecular flexibility index (Phi) is 5.58. The Morgan fingerprint density at radius 2 is 2.07 bits per heavy atom. The van der Waals surface area contributed by atoms with Gasteiger partial charge in [0.25, 0.3) is 0 Å². The largest absolute Gasteiger partial charge is 0.355 e. The zero-order valence-corrected chi connectivity index (χ0v) is 17.5. The molecule has 0 aliphatic heterocycles. The van der Waals surface area contributed by atoms with Crippen molar-refractivity contribution in [2.24, 2.45) is 12.0 Å². The molecule has 4 rings (SSSR count). The van der Waals surface area contributed by atoms with Gasteiger partial charge in [-0.25, -0.2) is 4.99 Å². The fourth-order valence-electron chi connectivity index (χ4n) is 3.94. The first kappa shape index (κ1) is 19.2. The molecule has 2 fully saturated rings. The number of nitrogens with zero attached hydrogens (tertiary/aromatic N) is 4. The maximum atomic E-state index is 6.22. The molecule has 2 N–H and O–H groups in total. The highest BCUT2D eigenvalue weighted by Crippen LogP contribution is 2.48. The molecule has 7 heteroatoms. The van der Waals surface area contributed by atoms with Crippen LogP contribution in [0.2, 0.25) is 5.02 Å². The van der Waals surface area contributed by atoms with Crippen LogP contribution in [-0.4, -0.2) is 33.3 Å². The van der Waals surface area contributed by atoms with E-state index >= 15 is 0 Å². The molecule has 2 aliphatic rings. The highest BCUT2D eigenvalue weighted by atomic mass is 35.5. The summed E-state index contributed by atoms with van der Waals surface area (Å²) in [6.07, 6.45) is 7.37. The Morgan fingerprint density at radius 3 is 2.71 bits per heavy atom. The molecule has 28 heavy (non-hydrogen) atoms. The van der Waals surface area contributed by atoms with Gasteiger partial charge in [0, 0.05) is 30.1 Å². The molecule has 0 saturated heterocycles. The Hall–Kier alpha value is -2.08. The molecule has 2 aliphatic carbocycles. The highest BCUT2D eigenvalue weighted by Gasteiger charge is 2.44. The zero-order chi connectivity index (χ0) is 19.6. The summed E-state index contributed by atoms with van der Waals surface area (Å²) in [5, 5.41) is 16.4. The second-order valence-electron chi connectivity index (χ2n) is 8.16. The number of halogens is 1. The van der Waals surface area contributed by atoms with E-state index in [2.05, 4.69) is 33.0 Å². The Labute approximate surface area is 171 Å². The van der Waals surface area contributed by atoms with Crippen molar-refractivity contribution >= 4 is 17.6 Å². The van der Waals surface area contributed by atoms with Gasteiger partial charge in [-0.1, -0.05) is 36.6 Å². The number of hydrogen-bond donors (Lipinski definition) is 2. The summed E-state index contributed by atoms with van der Waals surface area (Å²) in [6, 6.07) is 8.77. The maximum absolute atomic E-state index is 6.22. The van der Waals surface area contributed by atoms with Gasteiger partial charge in [-0.3, -0.25) is 0 Å². The highest BCUT2D eigenvalue weighted by molar-refractivity contribution is 6.30. The summed E-state index contributed by atoms with van der Waals surface area (Å²) >= 11 is 6.22. The maximum Gasteiger partial charge on any atom is 0.191 e. The van der Waals surface area contributed by atoms with Crippen LogP contribution in [0.15, 0.2) is 29.3 Å². The second-order valence-corrected chi connectivity index (χ2v) is 8.59. The molecule has 1 aromatic heterocycles. The van der Waals surface area contributed by atoms with Gasteiger partial charge in [0.1, 0.15) is 12.4 Å². The summed E-state index contributed by atoms with van der Waals surface area (Å²) in [5.41, 5.74) is 1.49. The topological polar surface area (TPSA) is 67.1 Å². The van der Waals surface area contributed by atoms with Gasteiger partial charge in [0.2, 0.25) is 0 Å². The first-order valence-electron chi connectivity index (χ1n) is 10.2. The quantitative estimate of drug-likeness (QED) is 0.575. The lowest BCUT2D eigenvalue weighted by atomic mass is 9.96. The summed E-state index contributed by atoms with van der Waals surface area (Å²) in [4.78, 5) is 4.82. The van der Waals surface area contributed by atoms with Crippen molar-refractivity contribution in [3.05, 3.63) is 46.5 Å². The van der Waals surface area contributed by atoms with Gasteiger partial charge in [-0.15, -0.1) is 10.2 Å². The fourth-order valence-corrected chi connectivity index (χ4v) is 4.13. The molecule has 0 bridgehead atoms. The van der Waals surface area contributed by atoms with E-state index in [1.54, 1.807) is 0 Å². The van der Waals surface area contributed by atoms with E-state index in [-0.39, 0.29) is 5.41 Å². The molecule has 0 unspecified atom stereocenters. The van der Waals surface area contributed by atoms with E-state index < -0.39 is 0 Å². The molecule has 0 radical (unpaired) electrons. The predicted octanol–water partition coefficient (Wildman–Crippen LogP) is 3.49. The molecular formula is C21H29ClN6. The molecule has 0 atom stereocenters. The first-order valence-corrected chi connectivity index (χ1v) is 10.6. The van der Waals surface area contributed by atoms with Crippen LogP contribution in [-0.2, 0) is 19.0 Å². The standard InChI is InChI=1S/C21H29ClN6/c1-15-26-27-19(28(15)2)13-23-20(25-18-8-3-4-9-18)24-14-21(10-11-21)16-6-5-7-17(22)12-16/h5-7,12,18H,3-4,8-11,13-14H2,1-2H3,(H2,23,24,25). The van der Waals surface area contributed by atoms with Crippen LogP contribution >= 0.6 is 11.6 Å². The van der Waals surface area contributed by atoms with E-state index in [0.717, 1.165) is 29.2 Å². The third-order valence-electron chi connectivity index (χ3n) is 6.14. The number of benzene rings is 1. The Balaban J connectivity index is 1.45. The lowest BCUT2D eigenvalue weighted by molar-refractivity contribution is 0.590. The van der Waals surface area contributed by atoms with Crippen LogP contribution in [0, 0.1) is 6.92 Å². The van der Waals surface area contributed by atoms with Crippen molar-refractivity contribution < 1.29 is 0 Å². The number of aromatic nitrogens is 3. The first-order chi connectivity index (χ1) is 13.6. The molecule has 0 amide bonds. The third-order valence-corrected chi connectivity index (χ3v) is 6.38. The summed E-state index contributed by atoms with van der Waals surface area (Å²) < 4.78 is 1.99. The number of rotatable bonds is 6. The minimum absolute atomic E-state index is 0.171. The lowest BCUT2D eigenvalue weighted by Crippen LogP contribution is -2.45. The van der Waals surface area contributed by atoms with Crippen LogP contribution in [0.25, 0.3) is 0 Å². The van der Waals surface area contributed by atoms with Gasteiger partial charge >= 0.3 is 0 Å². The van der Waals surface area contributed by atoms with E-state index in [4.69, 9.17) is 16.6 Å². The molecular weight excluding hydrogens is 372 g/mol. The lowest BCUT2D eigenvalue weighted by Gasteiger charge is -2.22. The van der Waals surface area contributed by atoms with E-state index in [9.17, 15) is 0 Å². The molecule has 1 heterocycles. The summed E-state index contributed by atoms with van der Waals surface area (Å²) in [5.74, 6) is 2.66. The van der Waals surface area contributed by atoms with Gasteiger partial charge in [-0.05, 0) is 50.3 Å². The van der Waals surface area contributed by atoms with Crippen LogP contribution in [0.4, 0.5) is 0 Å². The summed E-state index contributed by atoms with van der Waals surface area (Å²) in [6.45, 7) is 3.34. The van der Waals surface area contributed by atoms with Crippen molar-refractivity contribution in [1.29, 1.82) is 0 Å². The molecule has 2 saturated carbocycles. The van der Waals surface area contributed by atoms with Gasteiger partial charge in [-0.2, -0.15) is 0 Å². The Morgan fingerprint density at radius 1 is 1.29 bits per heavy atom. The average molecular weight is 401 g/mol. The van der Waals surface area contributed by atoms with E-state index in [0.29, 0.717) is 12.6 Å². The predicted molar refractivity (Wildman–Crippen MR) is 113 cm³/mol. The third kappa shape index (κ3) is 4.32. The normalized spacial score (nSPS) is 19.0. The number of aliphatic imine (C=N–C) groups is 1. The van der Waals surface area contributed by atoms with E-state index in [1.807, 2.05) is 30.7 Å². The van der Waals surface area contributed by atoms with Crippen molar-refractivity contribution in [1.82, 2.24) is 25.4 Å². The number of hydrogen-bond acceptors (Lipinski definition) is 3. The van der Waals surface area contributed by atoms with E-state index in [1.165, 1.54) is 44.1 Å². The number of aryl methyl sites for hydroxylation is 1. The molecule has 150 valence electrons. The smallest absolute Gasteiger partial charge is 0.191 e. The molecule has 0 spiro atoms. The van der Waals surface area contributed by atoms with Crippen molar-refractivity contribution in [3.63, 3.8) is 0 Å². The van der Waals surface area contributed by atoms with Crippen molar-refractivity contribution in [2.45, 2.75) is 63.5 Å². The monoisotopic (exact) mass is 400 g/mol. The zero-order valence-electron chi connectivity index (χ0n) is 16.7. The fraction of sp³-hybridized carbons (Fsp3) is 0.571. The van der Waals surface area contributed by atoms with Gasteiger partial charge in [0.15, 0.2) is 11.8 Å². The van der Waals surface area contributed by atoms with Crippen LogP contribution in [0.5, 0.6) is 0 Å². The van der Waals surface area contributed by atoms with Crippen LogP contribution < -0.4 is 10.6 Å². The number of guanidine groups is 1. The number of nitrogens with one attached hydrogen (secondary N) is 2. The van der Waals surface area contributed by atoms with Crippen molar-refractivity contribution in [3.8, 4) is 0 Å². The van der Waals surface area contributed by atoms with Gasteiger partial charge < -0.3 is 15.2 Å². The second kappa shape index (κ2) is 8.11. The minimum Gasteiger partial charge on any atom is -0.355 e. The van der Waals surface area contributed by atoms with Gasteiger partial charge in [0.05, 0.1) is 0 Å². The van der Waals surface area contributed by atoms with Crippen LogP contribution in [0.3, 0.4) is 0 Å². The average Bonchev–Trinajstić information content (AvgIpc) is 3.19. The summed E-state index contributed by atoms with van der Waals surface area (Å²) in [7, 11) is 1.98. The SMILES string of the molecule is Cc1nnc(CN=C(NCC2(c3cccc(Cl)c3)CC2)NC2CCCC2)n1C. The molecule has 6 nitrogen and oxygen atoms in total. The molecule has 2 aromatic rings. The molecule has 1 aromatic carbocycles. The minimum atomic E-state index is 0.171. The Bertz CT molecular complexity index is 848. The van der Waals surface area contributed by atoms with Crippen molar-refractivity contribution in [2.75, 3.05) is 6.54 Å².